The lowest BCUT2D eigenvalue weighted by Gasteiger charge is -2.11. The lowest BCUT2D eigenvalue weighted by molar-refractivity contribution is -0.133. The lowest BCUT2D eigenvalue weighted by atomic mass is 10.2. The molecular formula is C15H18N2O3S. The maximum atomic E-state index is 10.7. The summed E-state index contributed by atoms with van der Waals surface area (Å²) in [6, 6.07) is 9.93. The highest BCUT2D eigenvalue weighted by Crippen LogP contribution is 2.25. The highest BCUT2D eigenvalue weighted by molar-refractivity contribution is 7.99. The summed E-state index contributed by atoms with van der Waals surface area (Å²) in [6.07, 6.45) is 1.78. The molecular weight excluding hydrogens is 288 g/mol. The summed E-state index contributed by atoms with van der Waals surface area (Å²) in [5, 5.41) is 9.53. The number of nitrogens with zero attached hydrogens (tertiary/aromatic N) is 2. The van der Waals surface area contributed by atoms with E-state index in [-0.39, 0.29) is 5.75 Å². The SMILES string of the molecule is CCOCCn1c(-c2ccccc2)cnc1SCC(=O)O. The van der Waals surface area contributed by atoms with Gasteiger partial charge in [-0.3, -0.25) is 4.79 Å². The Labute approximate surface area is 128 Å². The monoisotopic (exact) mass is 306 g/mol. The van der Waals surface area contributed by atoms with Crippen molar-refractivity contribution in [3.05, 3.63) is 36.5 Å². The molecule has 0 bridgehead atoms. The molecule has 0 saturated carbocycles. The molecule has 0 spiro atoms. The maximum absolute atomic E-state index is 10.7. The van der Waals surface area contributed by atoms with Gasteiger partial charge in [0.1, 0.15) is 0 Å². The predicted molar refractivity (Wildman–Crippen MR) is 82.5 cm³/mol. The van der Waals surface area contributed by atoms with E-state index in [0.717, 1.165) is 11.3 Å². The van der Waals surface area contributed by atoms with Crippen LogP contribution < -0.4 is 0 Å². The molecule has 1 N–H and O–H groups in total. The van der Waals surface area contributed by atoms with Gasteiger partial charge in [-0.25, -0.2) is 4.98 Å². The largest absolute Gasteiger partial charge is 0.481 e. The van der Waals surface area contributed by atoms with Gasteiger partial charge in [-0.15, -0.1) is 0 Å². The smallest absolute Gasteiger partial charge is 0.313 e. The number of carbonyl (C=O) groups is 1. The Bertz CT molecular complexity index is 584. The Morgan fingerprint density at radius 2 is 2.14 bits per heavy atom. The molecule has 0 aliphatic heterocycles. The molecule has 0 fully saturated rings. The fraction of sp³-hybridized carbons (Fsp3) is 0.333. The van der Waals surface area contributed by atoms with Crippen LogP contribution in [0.4, 0.5) is 0 Å². The molecule has 6 heteroatoms. The van der Waals surface area contributed by atoms with Gasteiger partial charge in [-0.05, 0) is 12.5 Å². The van der Waals surface area contributed by atoms with Crippen LogP contribution in [-0.4, -0.2) is 39.6 Å². The first-order valence-corrected chi connectivity index (χ1v) is 7.74. The second-order valence-corrected chi connectivity index (χ2v) is 5.27. The number of carboxylic acid groups (broad SMARTS) is 1. The zero-order chi connectivity index (χ0) is 15.1. The van der Waals surface area contributed by atoms with Crippen LogP contribution in [0.2, 0.25) is 0 Å². The van der Waals surface area contributed by atoms with E-state index in [1.165, 1.54) is 11.8 Å². The highest BCUT2D eigenvalue weighted by atomic mass is 32.2. The fourth-order valence-electron chi connectivity index (χ4n) is 1.96. The standard InChI is InChI=1S/C15H18N2O3S/c1-2-20-9-8-17-13(12-6-4-3-5-7-12)10-16-15(17)21-11-14(18)19/h3-7,10H,2,8-9,11H2,1H3,(H,18,19). The molecule has 2 aromatic rings. The first-order chi connectivity index (χ1) is 10.2. The van der Waals surface area contributed by atoms with Crippen molar-refractivity contribution in [1.82, 2.24) is 9.55 Å². The topological polar surface area (TPSA) is 64.4 Å². The number of aliphatic carboxylic acids is 1. The van der Waals surface area contributed by atoms with Crippen LogP contribution in [0.3, 0.4) is 0 Å². The van der Waals surface area contributed by atoms with Crippen LogP contribution in [0.5, 0.6) is 0 Å². The van der Waals surface area contributed by atoms with Gasteiger partial charge in [0.15, 0.2) is 5.16 Å². The Kier molecular flexibility index (Phi) is 5.83. The van der Waals surface area contributed by atoms with Gasteiger partial charge in [0.05, 0.1) is 24.3 Å². The third-order valence-electron chi connectivity index (χ3n) is 2.88. The van der Waals surface area contributed by atoms with E-state index in [0.29, 0.717) is 24.9 Å². The molecule has 0 aliphatic rings. The Hall–Kier alpha value is -1.79. The van der Waals surface area contributed by atoms with E-state index >= 15 is 0 Å². The summed E-state index contributed by atoms with van der Waals surface area (Å²) >= 11 is 1.23. The normalized spacial score (nSPS) is 10.7. The van der Waals surface area contributed by atoms with Gasteiger partial charge < -0.3 is 14.4 Å². The van der Waals surface area contributed by atoms with Crippen LogP contribution in [0, 0.1) is 0 Å². The number of carboxylic acids is 1. The molecule has 0 aliphatic carbocycles. The first-order valence-electron chi connectivity index (χ1n) is 6.75. The molecule has 1 heterocycles. The number of aromatic nitrogens is 2. The zero-order valence-electron chi connectivity index (χ0n) is 11.9. The van der Waals surface area contributed by atoms with Crippen molar-refractivity contribution in [2.75, 3.05) is 19.0 Å². The average Bonchev–Trinajstić information content (AvgIpc) is 2.89. The van der Waals surface area contributed by atoms with Crippen LogP contribution in [0.1, 0.15) is 6.92 Å². The quantitative estimate of drug-likeness (QED) is 0.600. The second-order valence-electron chi connectivity index (χ2n) is 4.32. The third-order valence-corrected chi connectivity index (χ3v) is 3.85. The van der Waals surface area contributed by atoms with Crippen molar-refractivity contribution in [3.8, 4) is 11.3 Å². The summed E-state index contributed by atoms with van der Waals surface area (Å²) in [5.41, 5.74) is 2.03. The number of rotatable bonds is 8. The maximum Gasteiger partial charge on any atom is 0.313 e. The third kappa shape index (κ3) is 4.34. The minimum absolute atomic E-state index is 0.000121. The number of thioether (sulfide) groups is 1. The van der Waals surface area contributed by atoms with Gasteiger partial charge in [0.25, 0.3) is 0 Å². The van der Waals surface area contributed by atoms with Crippen molar-refractivity contribution in [2.24, 2.45) is 0 Å². The average molecular weight is 306 g/mol. The van der Waals surface area contributed by atoms with E-state index in [1.807, 2.05) is 41.8 Å². The van der Waals surface area contributed by atoms with E-state index < -0.39 is 5.97 Å². The van der Waals surface area contributed by atoms with Crippen molar-refractivity contribution in [1.29, 1.82) is 0 Å². The van der Waals surface area contributed by atoms with Gasteiger partial charge in [0, 0.05) is 13.2 Å². The number of benzene rings is 1. The molecule has 21 heavy (non-hydrogen) atoms. The van der Waals surface area contributed by atoms with Crippen molar-refractivity contribution < 1.29 is 14.6 Å². The second kappa shape index (κ2) is 7.85. The van der Waals surface area contributed by atoms with Gasteiger partial charge in [-0.1, -0.05) is 42.1 Å². The minimum Gasteiger partial charge on any atom is -0.481 e. The van der Waals surface area contributed by atoms with Gasteiger partial charge in [-0.2, -0.15) is 0 Å². The summed E-state index contributed by atoms with van der Waals surface area (Å²) < 4.78 is 7.42. The van der Waals surface area contributed by atoms with E-state index in [2.05, 4.69) is 4.98 Å². The van der Waals surface area contributed by atoms with Crippen LogP contribution in [0.15, 0.2) is 41.7 Å². The molecule has 0 atom stereocenters. The van der Waals surface area contributed by atoms with Crippen LogP contribution >= 0.6 is 11.8 Å². The summed E-state index contributed by atoms with van der Waals surface area (Å²) in [5.74, 6) is -0.847. The Morgan fingerprint density at radius 1 is 1.38 bits per heavy atom. The minimum atomic E-state index is -0.847. The van der Waals surface area contributed by atoms with E-state index in [4.69, 9.17) is 9.84 Å². The predicted octanol–water partition coefficient (Wildman–Crippen LogP) is 2.76. The Morgan fingerprint density at radius 3 is 2.81 bits per heavy atom. The lowest BCUT2D eigenvalue weighted by Crippen LogP contribution is -2.09. The zero-order valence-corrected chi connectivity index (χ0v) is 12.7. The summed E-state index contributed by atoms with van der Waals surface area (Å²) in [4.78, 5) is 15.1. The van der Waals surface area contributed by atoms with Crippen molar-refractivity contribution in [2.45, 2.75) is 18.6 Å². The fourth-order valence-corrected chi connectivity index (χ4v) is 2.68. The highest BCUT2D eigenvalue weighted by Gasteiger charge is 2.13. The molecule has 1 aromatic heterocycles. The first kappa shape index (κ1) is 15.6. The van der Waals surface area contributed by atoms with E-state index in [1.54, 1.807) is 6.20 Å². The summed E-state index contributed by atoms with van der Waals surface area (Å²) in [6.45, 7) is 3.84. The van der Waals surface area contributed by atoms with Crippen molar-refractivity contribution >= 4 is 17.7 Å². The molecule has 0 radical (unpaired) electrons. The molecule has 0 saturated heterocycles. The van der Waals surface area contributed by atoms with Gasteiger partial charge >= 0.3 is 5.97 Å². The number of imidazole rings is 1. The number of hydrogen-bond acceptors (Lipinski definition) is 4. The number of hydrogen-bond donors (Lipinski definition) is 1. The molecule has 0 amide bonds. The Balaban J connectivity index is 2.24. The van der Waals surface area contributed by atoms with E-state index in [9.17, 15) is 4.79 Å². The molecule has 1 aromatic carbocycles. The van der Waals surface area contributed by atoms with Crippen molar-refractivity contribution in [3.63, 3.8) is 0 Å². The molecule has 0 unspecified atom stereocenters. The molecule has 2 rings (SSSR count). The molecule has 5 nitrogen and oxygen atoms in total. The molecule has 112 valence electrons. The van der Waals surface area contributed by atoms with Gasteiger partial charge in [0.2, 0.25) is 0 Å². The van der Waals surface area contributed by atoms with Crippen LogP contribution in [0.25, 0.3) is 11.3 Å². The van der Waals surface area contributed by atoms with Crippen LogP contribution in [-0.2, 0) is 16.1 Å². The summed E-state index contributed by atoms with van der Waals surface area (Å²) in [7, 11) is 0. The number of ether oxygens (including phenoxy) is 1.